The molecule has 1 fully saturated rings. The predicted octanol–water partition coefficient (Wildman–Crippen LogP) is 3.38. The lowest BCUT2D eigenvalue weighted by molar-refractivity contribution is -0.123. The van der Waals surface area contributed by atoms with Crippen molar-refractivity contribution in [2.24, 2.45) is 5.92 Å². The second-order valence-electron chi connectivity index (χ2n) is 7.54. The molecule has 0 bridgehead atoms. The number of hydrogen-bond donors (Lipinski definition) is 0. The molecule has 0 aromatic heterocycles. The molecule has 2 aromatic carbocycles. The van der Waals surface area contributed by atoms with Crippen LogP contribution >= 0.6 is 0 Å². The number of rotatable bonds is 5. The van der Waals surface area contributed by atoms with Crippen LogP contribution in [0.2, 0.25) is 0 Å². The fraction of sp³-hybridized carbons (Fsp3) is 0.409. The van der Waals surface area contributed by atoms with Crippen LogP contribution in [0.5, 0.6) is 5.75 Å². The molecule has 0 spiro atoms. The number of piperidine rings is 1. The monoisotopic (exact) mass is 416 g/mol. The Labute approximate surface area is 173 Å². The Kier molecular flexibility index (Phi) is 6.29. The lowest BCUT2D eigenvalue weighted by atomic mass is 9.96. The van der Waals surface area contributed by atoms with Gasteiger partial charge in [-0.3, -0.25) is 4.79 Å². The molecular formula is C22H28N2O4S. The van der Waals surface area contributed by atoms with Gasteiger partial charge in [0.15, 0.2) is 0 Å². The summed E-state index contributed by atoms with van der Waals surface area (Å²) in [4.78, 5) is 14.9. The number of hydrogen-bond acceptors (Lipinski definition) is 4. The maximum Gasteiger partial charge on any atom is 0.243 e. The van der Waals surface area contributed by atoms with Gasteiger partial charge in [0, 0.05) is 31.7 Å². The van der Waals surface area contributed by atoms with Gasteiger partial charge in [0.25, 0.3) is 0 Å². The fourth-order valence-corrected chi connectivity index (χ4v) is 5.45. The summed E-state index contributed by atoms with van der Waals surface area (Å²) in [5, 5.41) is 0. The van der Waals surface area contributed by atoms with Gasteiger partial charge in [0.1, 0.15) is 5.75 Å². The maximum atomic E-state index is 13.1. The zero-order valence-electron chi connectivity index (χ0n) is 17.4. The summed E-state index contributed by atoms with van der Waals surface area (Å²) in [5.74, 6) is 0.561. The first-order valence-corrected chi connectivity index (χ1v) is 11.2. The topological polar surface area (TPSA) is 66.9 Å². The molecule has 1 aliphatic rings. The molecule has 0 saturated carbocycles. The van der Waals surface area contributed by atoms with E-state index in [-0.39, 0.29) is 11.8 Å². The van der Waals surface area contributed by atoms with Crippen LogP contribution in [0.25, 0.3) is 0 Å². The molecule has 7 heteroatoms. The number of aryl methyl sites for hydroxylation is 2. The van der Waals surface area contributed by atoms with Crippen molar-refractivity contribution in [1.29, 1.82) is 0 Å². The minimum absolute atomic E-state index is 0.0129. The highest BCUT2D eigenvalue weighted by molar-refractivity contribution is 7.89. The van der Waals surface area contributed by atoms with E-state index in [4.69, 9.17) is 4.74 Å². The Balaban J connectivity index is 1.67. The van der Waals surface area contributed by atoms with Gasteiger partial charge in [0.05, 0.1) is 12.0 Å². The van der Waals surface area contributed by atoms with Crippen molar-refractivity contribution in [2.45, 2.75) is 31.6 Å². The standard InChI is InChI=1S/C22H28N2O4S/c1-16-5-6-17(2)21(15-16)29(26,27)24-13-11-18(12-14-24)22(25)23(3)19-7-9-20(28-4)10-8-19/h5-10,15,18H,11-14H2,1-4H3. The number of nitrogens with zero attached hydrogens (tertiary/aromatic N) is 2. The third-order valence-corrected chi connectivity index (χ3v) is 7.60. The molecular weight excluding hydrogens is 388 g/mol. The van der Waals surface area contributed by atoms with Gasteiger partial charge in [-0.2, -0.15) is 4.31 Å². The third-order valence-electron chi connectivity index (χ3n) is 5.55. The minimum Gasteiger partial charge on any atom is -0.497 e. The summed E-state index contributed by atoms with van der Waals surface area (Å²) in [6, 6.07) is 12.8. The fourth-order valence-electron chi connectivity index (χ4n) is 3.67. The van der Waals surface area contributed by atoms with Crippen molar-refractivity contribution in [2.75, 3.05) is 32.1 Å². The molecule has 1 saturated heterocycles. The van der Waals surface area contributed by atoms with E-state index < -0.39 is 10.0 Å². The van der Waals surface area contributed by atoms with Crippen LogP contribution in [-0.2, 0) is 14.8 Å². The van der Waals surface area contributed by atoms with Gasteiger partial charge in [0.2, 0.25) is 15.9 Å². The number of benzene rings is 2. The predicted molar refractivity (Wildman–Crippen MR) is 114 cm³/mol. The zero-order valence-corrected chi connectivity index (χ0v) is 18.2. The number of anilines is 1. The molecule has 1 aliphatic heterocycles. The first-order chi connectivity index (χ1) is 13.7. The molecule has 1 amide bonds. The van der Waals surface area contributed by atoms with Gasteiger partial charge >= 0.3 is 0 Å². The van der Waals surface area contributed by atoms with Gasteiger partial charge in [-0.05, 0) is 68.1 Å². The summed E-state index contributed by atoms with van der Waals surface area (Å²) in [6.45, 7) is 4.40. The average Bonchev–Trinajstić information content (AvgIpc) is 2.74. The van der Waals surface area contributed by atoms with E-state index in [1.54, 1.807) is 25.1 Å². The number of carbonyl (C=O) groups is 1. The Hall–Kier alpha value is -2.38. The van der Waals surface area contributed by atoms with Crippen LogP contribution in [0.4, 0.5) is 5.69 Å². The highest BCUT2D eigenvalue weighted by atomic mass is 32.2. The zero-order chi connectivity index (χ0) is 21.2. The van der Waals surface area contributed by atoms with Gasteiger partial charge < -0.3 is 9.64 Å². The number of methoxy groups -OCH3 is 1. The largest absolute Gasteiger partial charge is 0.497 e. The summed E-state index contributed by atoms with van der Waals surface area (Å²) in [7, 11) is -0.195. The minimum atomic E-state index is -3.55. The second-order valence-corrected chi connectivity index (χ2v) is 9.45. The third kappa shape index (κ3) is 4.46. The summed E-state index contributed by atoms with van der Waals surface area (Å²) >= 11 is 0. The number of amides is 1. The van der Waals surface area contributed by atoms with E-state index in [0.29, 0.717) is 30.8 Å². The van der Waals surface area contributed by atoms with Crippen LogP contribution in [0, 0.1) is 19.8 Å². The molecule has 0 N–H and O–H groups in total. The SMILES string of the molecule is COc1ccc(N(C)C(=O)C2CCN(S(=O)(=O)c3cc(C)ccc3C)CC2)cc1. The van der Waals surface area contributed by atoms with E-state index >= 15 is 0 Å². The first-order valence-electron chi connectivity index (χ1n) is 9.73. The van der Waals surface area contributed by atoms with E-state index in [9.17, 15) is 13.2 Å². The highest BCUT2D eigenvalue weighted by Crippen LogP contribution is 2.28. The number of ether oxygens (including phenoxy) is 1. The maximum absolute atomic E-state index is 13.1. The quantitative estimate of drug-likeness (QED) is 0.749. The van der Waals surface area contributed by atoms with Crippen molar-refractivity contribution < 1.29 is 17.9 Å². The van der Waals surface area contributed by atoms with Crippen molar-refractivity contribution in [1.82, 2.24) is 4.31 Å². The Morgan fingerprint density at radius 2 is 1.69 bits per heavy atom. The second kappa shape index (κ2) is 8.55. The Morgan fingerprint density at radius 3 is 2.28 bits per heavy atom. The van der Waals surface area contributed by atoms with Crippen molar-refractivity contribution in [3.05, 3.63) is 53.6 Å². The molecule has 0 atom stereocenters. The number of carbonyl (C=O) groups excluding carboxylic acids is 1. The van der Waals surface area contributed by atoms with Crippen LogP contribution in [0.15, 0.2) is 47.4 Å². The lowest BCUT2D eigenvalue weighted by Gasteiger charge is -2.33. The molecule has 0 aliphatic carbocycles. The van der Waals surface area contributed by atoms with Gasteiger partial charge in [-0.15, -0.1) is 0 Å². The summed E-state index contributed by atoms with van der Waals surface area (Å²) in [5.41, 5.74) is 2.45. The van der Waals surface area contributed by atoms with Crippen molar-refractivity contribution in [3.63, 3.8) is 0 Å². The van der Waals surface area contributed by atoms with Crippen LogP contribution in [0.1, 0.15) is 24.0 Å². The normalized spacial score (nSPS) is 15.9. The first kappa shape index (κ1) is 21.3. The molecule has 1 heterocycles. The Bertz CT molecular complexity index is 978. The lowest BCUT2D eigenvalue weighted by Crippen LogP contribution is -2.43. The molecule has 0 unspecified atom stereocenters. The van der Waals surface area contributed by atoms with Crippen molar-refractivity contribution >= 4 is 21.6 Å². The van der Waals surface area contributed by atoms with Crippen LogP contribution in [-0.4, -0.2) is 45.9 Å². The smallest absolute Gasteiger partial charge is 0.243 e. The van der Waals surface area contributed by atoms with Gasteiger partial charge in [-0.1, -0.05) is 12.1 Å². The molecule has 6 nitrogen and oxygen atoms in total. The van der Waals surface area contributed by atoms with E-state index in [1.807, 2.05) is 50.2 Å². The van der Waals surface area contributed by atoms with Crippen LogP contribution < -0.4 is 9.64 Å². The van der Waals surface area contributed by atoms with Gasteiger partial charge in [-0.25, -0.2) is 8.42 Å². The molecule has 156 valence electrons. The molecule has 3 rings (SSSR count). The Morgan fingerprint density at radius 1 is 1.07 bits per heavy atom. The van der Waals surface area contributed by atoms with E-state index in [1.165, 1.54) is 4.31 Å². The average molecular weight is 417 g/mol. The number of sulfonamides is 1. The molecule has 2 aromatic rings. The van der Waals surface area contributed by atoms with Crippen molar-refractivity contribution in [3.8, 4) is 5.75 Å². The molecule has 0 radical (unpaired) electrons. The van der Waals surface area contributed by atoms with Crippen LogP contribution in [0.3, 0.4) is 0 Å². The summed E-state index contributed by atoms with van der Waals surface area (Å²) in [6.07, 6.45) is 1.03. The van der Waals surface area contributed by atoms with E-state index in [2.05, 4.69) is 0 Å². The summed E-state index contributed by atoms with van der Waals surface area (Å²) < 4.78 is 32.8. The highest BCUT2D eigenvalue weighted by Gasteiger charge is 2.34. The molecule has 29 heavy (non-hydrogen) atoms. The van der Waals surface area contributed by atoms with E-state index in [0.717, 1.165) is 22.6 Å².